The molecule has 1 amide bonds. The number of nitrogens with zero attached hydrogens (tertiary/aromatic N) is 2. The molecule has 3 aromatic rings. The lowest BCUT2D eigenvalue weighted by Gasteiger charge is -2.15. The first-order valence-corrected chi connectivity index (χ1v) is 10.8. The fourth-order valence-electron chi connectivity index (χ4n) is 3.24. The van der Waals surface area contributed by atoms with Gasteiger partial charge in [0.1, 0.15) is 0 Å². The third-order valence-electron chi connectivity index (χ3n) is 4.49. The molecule has 1 aliphatic carbocycles. The van der Waals surface area contributed by atoms with Crippen LogP contribution in [0.1, 0.15) is 29.1 Å². The Labute approximate surface area is 161 Å². The third kappa shape index (κ3) is 3.86. The number of aromatic nitrogens is 2. The number of aryl methyl sites for hydroxylation is 1. The van der Waals surface area contributed by atoms with Crippen molar-refractivity contribution in [1.29, 1.82) is 0 Å². The highest BCUT2D eigenvalue weighted by Gasteiger charge is 2.21. The molecule has 0 spiro atoms. The molecule has 0 fully saturated rings. The lowest BCUT2D eigenvalue weighted by molar-refractivity contribution is -0.118. The number of carbonyl (C=O) groups is 1. The summed E-state index contributed by atoms with van der Waals surface area (Å²) >= 11 is 3.18. The van der Waals surface area contributed by atoms with E-state index in [9.17, 15) is 4.79 Å². The summed E-state index contributed by atoms with van der Waals surface area (Å²) in [5.41, 5.74) is 3.63. The van der Waals surface area contributed by atoms with Crippen LogP contribution in [0.4, 0.5) is 0 Å². The Kier molecular flexibility index (Phi) is 5.41. The van der Waals surface area contributed by atoms with Gasteiger partial charge in [-0.2, -0.15) is 0 Å². The summed E-state index contributed by atoms with van der Waals surface area (Å²) in [7, 11) is 0. The number of amides is 1. The van der Waals surface area contributed by atoms with E-state index in [2.05, 4.69) is 22.0 Å². The van der Waals surface area contributed by atoms with E-state index in [0.717, 1.165) is 23.7 Å². The number of para-hydroxylation sites is 1. The monoisotopic (exact) mass is 383 g/mol. The fraction of sp³-hybridized carbons (Fsp3) is 0.300. The molecule has 2 heterocycles. The summed E-state index contributed by atoms with van der Waals surface area (Å²) in [6.07, 6.45) is 4.50. The predicted molar refractivity (Wildman–Crippen MR) is 107 cm³/mol. The Balaban J connectivity index is 1.49. The predicted octanol–water partition coefficient (Wildman–Crippen LogP) is 4.22. The number of rotatable bonds is 6. The van der Waals surface area contributed by atoms with Crippen LogP contribution in [0.15, 0.2) is 53.0 Å². The third-order valence-corrected chi connectivity index (χ3v) is 6.30. The molecule has 6 heteroatoms. The SMILES string of the molecule is O=C(CSc1nc2c(n1-c1ccccc1)CCCC2)NCc1cccs1. The van der Waals surface area contributed by atoms with Gasteiger partial charge in [-0.05, 0) is 49.3 Å². The van der Waals surface area contributed by atoms with Crippen LogP contribution in [0.5, 0.6) is 0 Å². The van der Waals surface area contributed by atoms with Crippen molar-refractivity contribution >= 4 is 29.0 Å². The van der Waals surface area contributed by atoms with Crippen molar-refractivity contribution in [2.75, 3.05) is 5.75 Å². The molecule has 1 N–H and O–H groups in total. The largest absolute Gasteiger partial charge is 0.350 e. The molecule has 0 radical (unpaired) electrons. The van der Waals surface area contributed by atoms with E-state index >= 15 is 0 Å². The van der Waals surface area contributed by atoms with Crippen molar-refractivity contribution in [3.8, 4) is 5.69 Å². The Morgan fingerprint density at radius 3 is 2.81 bits per heavy atom. The highest BCUT2D eigenvalue weighted by molar-refractivity contribution is 7.99. The van der Waals surface area contributed by atoms with E-state index in [4.69, 9.17) is 4.98 Å². The highest BCUT2D eigenvalue weighted by Crippen LogP contribution is 2.30. The zero-order valence-electron chi connectivity index (χ0n) is 14.5. The van der Waals surface area contributed by atoms with Crippen molar-refractivity contribution in [2.45, 2.75) is 37.4 Å². The van der Waals surface area contributed by atoms with Gasteiger partial charge in [-0.15, -0.1) is 11.3 Å². The average molecular weight is 384 g/mol. The van der Waals surface area contributed by atoms with E-state index in [0.29, 0.717) is 12.3 Å². The lowest BCUT2D eigenvalue weighted by atomic mass is 10.0. The lowest BCUT2D eigenvalue weighted by Crippen LogP contribution is -2.24. The molecule has 0 atom stereocenters. The summed E-state index contributed by atoms with van der Waals surface area (Å²) in [6, 6.07) is 14.4. The number of hydrogen-bond acceptors (Lipinski definition) is 4. The number of fused-ring (bicyclic) bond motifs is 1. The zero-order valence-corrected chi connectivity index (χ0v) is 16.1. The molecule has 0 bridgehead atoms. The molecule has 1 aromatic carbocycles. The van der Waals surface area contributed by atoms with Crippen molar-refractivity contribution in [3.63, 3.8) is 0 Å². The van der Waals surface area contributed by atoms with Gasteiger partial charge in [0, 0.05) is 16.3 Å². The van der Waals surface area contributed by atoms with Crippen LogP contribution in [0.3, 0.4) is 0 Å². The van der Waals surface area contributed by atoms with Gasteiger partial charge in [0.05, 0.1) is 18.0 Å². The first-order valence-electron chi connectivity index (χ1n) is 8.89. The van der Waals surface area contributed by atoms with E-state index in [1.807, 2.05) is 35.7 Å². The second kappa shape index (κ2) is 8.10. The van der Waals surface area contributed by atoms with Gasteiger partial charge >= 0.3 is 0 Å². The van der Waals surface area contributed by atoms with Crippen molar-refractivity contribution in [3.05, 3.63) is 64.1 Å². The standard InChI is InChI=1S/C20H21N3OS2/c24-19(21-13-16-9-6-12-25-16)14-26-20-22-17-10-4-5-11-18(17)23(20)15-7-2-1-3-8-15/h1-3,6-9,12H,4-5,10-11,13-14H2,(H,21,24). The van der Waals surface area contributed by atoms with Crippen LogP contribution in [0, 0.1) is 0 Å². The number of benzene rings is 1. The molecule has 1 aliphatic rings. The van der Waals surface area contributed by atoms with Crippen LogP contribution < -0.4 is 5.32 Å². The minimum atomic E-state index is 0.0454. The summed E-state index contributed by atoms with van der Waals surface area (Å²) in [5, 5.41) is 5.94. The summed E-state index contributed by atoms with van der Waals surface area (Å²) in [5.74, 6) is 0.428. The molecular formula is C20H21N3OS2. The number of hydrogen-bond donors (Lipinski definition) is 1. The van der Waals surface area contributed by atoms with Gasteiger partial charge < -0.3 is 5.32 Å². The quantitative estimate of drug-likeness (QED) is 0.648. The smallest absolute Gasteiger partial charge is 0.230 e. The van der Waals surface area contributed by atoms with E-state index in [1.165, 1.54) is 40.9 Å². The molecule has 26 heavy (non-hydrogen) atoms. The van der Waals surface area contributed by atoms with Crippen LogP contribution in [0.25, 0.3) is 5.69 Å². The summed E-state index contributed by atoms with van der Waals surface area (Å²) in [4.78, 5) is 18.3. The molecule has 134 valence electrons. The second-order valence-corrected chi connectivity index (χ2v) is 8.29. The van der Waals surface area contributed by atoms with Gasteiger partial charge in [-0.1, -0.05) is 36.0 Å². The maximum absolute atomic E-state index is 12.2. The molecule has 0 saturated carbocycles. The van der Waals surface area contributed by atoms with Crippen molar-refractivity contribution in [1.82, 2.24) is 14.9 Å². The number of thioether (sulfide) groups is 1. The van der Waals surface area contributed by atoms with E-state index in [1.54, 1.807) is 11.3 Å². The normalized spacial score (nSPS) is 13.4. The average Bonchev–Trinajstić information content (AvgIpc) is 3.32. The maximum atomic E-state index is 12.2. The zero-order chi connectivity index (χ0) is 17.8. The Morgan fingerprint density at radius 1 is 1.15 bits per heavy atom. The first kappa shape index (κ1) is 17.4. The number of thiophene rings is 1. The van der Waals surface area contributed by atoms with Crippen LogP contribution >= 0.6 is 23.1 Å². The molecule has 4 rings (SSSR count). The number of imidazole rings is 1. The topological polar surface area (TPSA) is 46.9 Å². The first-order chi connectivity index (χ1) is 12.8. The Bertz CT molecular complexity index is 872. The van der Waals surface area contributed by atoms with Crippen LogP contribution in [0.2, 0.25) is 0 Å². The summed E-state index contributed by atoms with van der Waals surface area (Å²) in [6.45, 7) is 0.598. The van der Waals surface area contributed by atoms with Crippen molar-refractivity contribution in [2.24, 2.45) is 0 Å². The van der Waals surface area contributed by atoms with Crippen LogP contribution in [-0.4, -0.2) is 21.2 Å². The highest BCUT2D eigenvalue weighted by atomic mass is 32.2. The molecule has 4 nitrogen and oxygen atoms in total. The number of nitrogens with one attached hydrogen (secondary N) is 1. The van der Waals surface area contributed by atoms with Gasteiger partial charge in [0.25, 0.3) is 0 Å². The van der Waals surface area contributed by atoms with Gasteiger partial charge in [-0.3, -0.25) is 9.36 Å². The van der Waals surface area contributed by atoms with Crippen molar-refractivity contribution < 1.29 is 4.79 Å². The molecule has 0 saturated heterocycles. The summed E-state index contributed by atoms with van der Waals surface area (Å²) < 4.78 is 2.24. The van der Waals surface area contributed by atoms with E-state index < -0.39 is 0 Å². The fourth-order valence-corrected chi connectivity index (χ4v) is 4.76. The van der Waals surface area contributed by atoms with E-state index in [-0.39, 0.29) is 5.91 Å². The minimum absolute atomic E-state index is 0.0454. The maximum Gasteiger partial charge on any atom is 0.230 e. The second-order valence-electron chi connectivity index (χ2n) is 6.31. The van der Waals surface area contributed by atoms with Gasteiger partial charge in [0.15, 0.2) is 5.16 Å². The van der Waals surface area contributed by atoms with Gasteiger partial charge in [-0.25, -0.2) is 4.98 Å². The molecule has 0 unspecified atom stereocenters. The Morgan fingerprint density at radius 2 is 2.00 bits per heavy atom. The minimum Gasteiger partial charge on any atom is -0.350 e. The molecular weight excluding hydrogens is 362 g/mol. The molecule has 2 aromatic heterocycles. The molecule has 0 aliphatic heterocycles. The Hall–Kier alpha value is -2.05. The number of carbonyl (C=O) groups excluding carboxylic acids is 1. The van der Waals surface area contributed by atoms with Gasteiger partial charge in [0.2, 0.25) is 5.91 Å². The van der Waals surface area contributed by atoms with Crippen LogP contribution in [-0.2, 0) is 24.2 Å².